The van der Waals surface area contributed by atoms with E-state index in [2.05, 4.69) is 0 Å². The number of carbonyl (C=O) groups excluding carboxylic acids is 1. The summed E-state index contributed by atoms with van der Waals surface area (Å²) in [6.07, 6.45) is 1.20. The molecule has 8 nitrogen and oxygen atoms in total. The Kier molecular flexibility index (Phi) is 7.44. The second-order valence-electron chi connectivity index (χ2n) is 7.74. The first-order chi connectivity index (χ1) is 15.7. The van der Waals surface area contributed by atoms with Crippen molar-refractivity contribution < 1.29 is 23.8 Å². The predicted octanol–water partition coefficient (Wildman–Crippen LogP) is 2.56. The molecule has 0 spiro atoms. The van der Waals surface area contributed by atoms with Crippen molar-refractivity contribution in [3.8, 4) is 5.75 Å². The molecule has 2 aromatic carbocycles. The first-order valence-corrected chi connectivity index (χ1v) is 10.6. The molecule has 33 heavy (non-hydrogen) atoms. The molecule has 2 unspecified atom stereocenters. The van der Waals surface area contributed by atoms with Crippen LogP contribution in [0.25, 0.3) is 5.70 Å². The fraction of sp³-hybridized carbons (Fsp3) is 0.292. The van der Waals surface area contributed by atoms with Crippen LogP contribution in [0.4, 0.5) is 4.39 Å². The molecule has 0 amide bonds. The van der Waals surface area contributed by atoms with Crippen LogP contribution in [0.15, 0.2) is 60.1 Å². The molecule has 7 N–H and O–H groups in total. The average molecular weight is 457 g/mol. The number of para-hydroxylation sites is 1. The van der Waals surface area contributed by atoms with E-state index >= 15 is 0 Å². The second-order valence-corrected chi connectivity index (χ2v) is 7.74. The number of hydrogen-bond donors (Lipinski definition) is 4. The quantitative estimate of drug-likeness (QED) is 0.384. The van der Waals surface area contributed by atoms with Crippen LogP contribution in [0.2, 0.25) is 0 Å². The fourth-order valence-corrected chi connectivity index (χ4v) is 3.65. The van der Waals surface area contributed by atoms with Crippen molar-refractivity contribution >= 4 is 11.7 Å². The van der Waals surface area contributed by atoms with Crippen LogP contribution in [-0.2, 0) is 9.47 Å². The van der Waals surface area contributed by atoms with Gasteiger partial charge in [0.1, 0.15) is 11.9 Å². The van der Waals surface area contributed by atoms with E-state index in [1.165, 1.54) is 18.2 Å². The normalized spacial score (nSPS) is 18.6. The van der Waals surface area contributed by atoms with Crippen molar-refractivity contribution in [3.05, 3.63) is 82.6 Å². The highest BCUT2D eigenvalue weighted by molar-refractivity contribution is 5.89. The number of nitrogens with two attached hydrogens (primary N) is 3. The van der Waals surface area contributed by atoms with Crippen molar-refractivity contribution in [3.63, 3.8) is 0 Å². The highest BCUT2D eigenvalue weighted by Crippen LogP contribution is 2.31. The largest absolute Gasteiger partial charge is 0.504 e. The molecule has 0 radical (unpaired) electrons. The Labute approximate surface area is 192 Å². The maximum Gasteiger partial charge on any atom is 0.338 e. The Morgan fingerprint density at radius 2 is 1.94 bits per heavy atom. The minimum absolute atomic E-state index is 0.0269. The maximum atomic E-state index is 13.8. The zero-order valence-corrected chi connectivity index (χ0v) is 18.6. The summed E-state index contributed by atoms with van der Waals surface area (Å²) in [7, 11) is 0. The first kappa shape index (κ1) is 23.9. The first-order valence-electron chi connectivity index (χ1n) is 10.6. The van der Waals surface area contributed by atoms with Gasteiger partial charge in [0.05, 0.1) is 24.5 Å². The SMILES string of the molecule is CCOC(=O)c1ccc(C2CN(C(/C=C(\N)c3cccc(F)c3O)=C(N)N)C(C)CO2)cc1. The number of halogens is 1. The summed E-state index contributed by atoms with van der Waals surface area (Å²) in [4.78, 5) is 13.9. The predicted molar refractivity (Wildman–Crippen MR) is 123 cm³/mol. The number of phenolic OH excluding ortho intramolecular Hbond substituents is 1. The van der Waals surface area contributed by atoms with Gasteiger partial charge in [0, 0.05) is 23.8 Å². The Morgan fingerprint density at radius 3 is 2.58 bits per heavy atom. The van der Waals surface area contributed by atoms with Gasteiger partial charge < -0.3 is 36.7 Å². The van der Waals surface area contributed by atoms with Crippen molar-refractivity contribution in [2.24, 2.45) is 17.2 Å². The summed E-state index contributed by atoms with van der Waals surface area (Å²) in [6.45, 7) is 4.81. The Morgan fingerprint density at radius 1 is 1.24 bits per heavy atom. The lowest BCUT2D eigenvalue weighted by atomic mass is 10.0. The van der Waals surface area contributed by atoms with E-state index in [1.54, 1.807) is 19.1 Å². The van der Waals surface area contributed by atoms with E-state index in [1.807, 2.05) is 24.0 Å². The van der Waals surface area contributed by atoms with E-state index < -0.39 is 11.6 Å². The van der Waals surface area contributed by atoms with E-state index in [0.717, 1.165) is 11.6 Å². The second kappa shape index (κ2) is 10.3. The van der Waals surface area contributed by atoms with Gasteiger partial charge in [0.25, 0.3) is 0 Å². The summed E-state index contributed by atoms with van der Waals surface area (Å²) in [5.74, 6) is -1.68. The lowest BCUT2D eigenvalue weighted by Crippen LogP contribution is -2.45. The van der Waals surface area contributed by atoms with E-state index in [4.69, 9.17) is 26.7 Å². The molecule has 0 aliphatic carbocycles. The van der Waals surface area contributed by atoms with Crippen molar-refractivity contribution in [1.82, 2.24) is 4.90 Å². The summed E-state index contributed by atoms with van der Waals surface area (Å²) < 4.78 is 24.8. The molecule has 0 bridgehead atoms. The van der Waals surface area contributed by atoms with Crippen molar-refractivity contribution in [1.29, 1.82) is 0 Å². The van der Waals surface area contributed by atoms with Gasteiger partial charge in [-0.1, -0.05) is 18.2 Å². The lowest BCUT2D eigenvalue weighted by Gasteiger charge is -2.40. The highest BCUT2D eigenvalue weighted by Gasteiger charge is 2.29. The number of morpholine rings is 1. The zero-order valence-electron chi connectivity index (χ0n) is 18.6. The van der Waals surface area contributed by atoms with Crippen LogP contribution in [-0.4, -0.2) is 41.8 Å². The molecule has 1 aliphatic heterocycles. The van der Waals surface area contributed by atoms with Crippen LogP contribution in [0.1, 0.15) is 41.4 Å². The number of benzene rings is 2. The van der Waals surface area contributed by atoms with Crippen molar-refractivity contribution in [2.75, 3.05) is 19.8 Å². The number of ether oxygens (including phenoxy) is 2. The monoisotopic (exact) mass is 456 g/mol. The standard InChI is InChI=1S/C24H29FN4O4/c1-3-32-24(31)16-9-7-15(8-10-16)21-12-29(14(2)13-33-21)20(23(27)28)11-19(26)17-5-4-6-18(25)22(17)30/h4-11,14,21,30H,3,12-13,26-28H2,1-2H3/b19-11-. The summed E-state index contributed by atoms with van der Waals surface area (Å²) in [5.41, 5.74) is 20.1. The third-order valence-corrected chi connectivity index (χ3v) is 5.42. The summed E-state index contributed by atoms with van der Waals surface area (Å²) >= 11 is 0. The Balaban J connectivity index is 1.86. The molecule has 1 saturated heterocycles. The summed E-state index contributed by atoms with van der Waals surface area (Å²) in [6, 6.07) is 11.0. The topological polar surface area (TPSA) is 137 Å². The molecule has 176 valence electrons. The van der Waals surface area contributed by atoms with Gasteiger partial charge in [-0.15, -0.1) is 0 Å². The van der Waals surface area contributed by atoms with E-state index in [-0.39, 0.29) is 35.2 Å². The number of aromatic hydroxyl groups is 1. The number of phenols is 1. The molecule has 1 aliphatic rings. The molecule has 0 aromatic heterocycles. The van der Waals surface area contributed by atoms with Gasteiger partial charge in [-0.3, -0.25) is 0 Å². The minimum atomic E-state index is -0.777. The number of nitrogens with zero attached hydrogens (tertiary/aromatic N) is 1. The Bertz CT molecular complexity index is 1060. The van der Waals surface area contributed by atoms with Crippen LogP contribution in [0.5, 0.6) is 5.75 Å². The number of allylic oxidation sites excluding steroid dienone is 1. The average Bonchev–Trinajstić information content (AvgIpc) is 2.80. The molecular formula is C24H29FN4O4. The summed E-state index contributed by atoms with van der Waals surface area (Å²) in [5, 5.41) is 10.0. The molecule has 3 rings (SSSR count). The minimum Gasteiger partial charge on any atom is -0.504 e. The van der Waals surface area contributed by atoms with E-state index in [9.17, 15) is 14.3 Å². The van der Waals surface area contributed by atoms with Gasteiger partial charge in [0.2, 0.25) is 0 Å². The molecule has 1 heterocycles. The number of carbonyl (C=O) groups is 1. The van der Waals surface area contributed by atoms with Crippen LogP contribution in [0, 0.1) is 5.82 Å². The third-order valence-electron chi connectivity index (χ3n) is 5.42. The van der Waals surface area contributed by atoms with Gasteiger partial charge in [-0.25, -0.2) is 9.18 Å². The molecule has 2 atom stereocenters. The molecular weight excluding hydrogens is 427 g/mol. The fourth-order valence-electron chi connectivity index (χ4n) is 3.65. The Hall–Kier alpha value is -3.72. The number of rotatable bonds is 6. The zero-order chi connectivity index (χ0) is 24.1. The van der Waals surface area contributed by atoms with E-state index in [0.29, 0.717) is 31.0 Å². The smallest absolute Gasteiger partial charge is 0.338 e. The van der Waals surface area contributed by atoms with Crippen LogP contribution >= 0.6 is 0 Å². The van der Waals surface area contributed by atoms with Crippen LogP contribution in [0.3, 0.4) is 0 Å². The number of esters is 1. The van der Waals surface area contributed by atoms with Crippen LogP contribution < -0.4 is 17.2 Å². The molecule has 0 saturated carbocycles. The molecule has 1 fully saturated rings. The molecule has 9 heteroatoms. The number of hydrogen-bond acceptors (Lipinski definition) is 8. The molecule has 2 aromatic rings. The van der Waals surface area contributed by atoms with Crippen molar-refractivity contribution in [2.45, 2.75) is 26.0 Å². The third kappa shape index (κ3) is 5.38. The van der Waals surface area contributed by atoms with Gasteiger partial charge >= 0.3 is 5.97 Å². The van der Waals surface area contributed by atoms with Gasteiger partial charge in [0.15, 0.2) is 11.6 Å². The lowest BCUT2D eigenvalue weighted by molar-refractivity contribution is -0.0457. The van der Waals surface area contributed by atoms with Gasteiger partial charge in [-0.2, -0.15) is 0 Å². The van der Waals surface area contributed by atoms with Gasteiger partial charge in [-0.05, 0) is 49.8 Å². The maximum absolute atomic E-state index is 13.8. The highest BCUT2D eigenvalue weighted by atomic mass is 19.1.